The Bertz CT molecular complexity index is 1150. The van der Waals surface area contributed by atoms with E-state index in [9.17, 15) is 9.59 Å². The maximum atomic E-state index is 15.3. The monoisotopic (exact) mass is 429 g/mol. The summed E-state index contributed by atoms with van der Waals surface area (Å²) in [6, 6.07) is 1.47. The Hall–Kier alpha value is -2.86. The molecule has 2 fully saturated rings. The molecule has 31 heavy (non-hydrogen) atoms. The number of hydrogen-bond acceptors (Lipinski definition) is 5. The van der Waals surface area contributed by atoms with Crippen molar-refractivity contribution >= 4 is 16.6 Å². The normalized spacial score (nSPS) is 19.7. The number of likely N-dealkylation sites (N-methyl/N-ethyl adjacent to an activating group) is 1. The van der Waals surface area contributed by atoms with Gasteiger partial charge in [-0.2, -0.15) is 0 Å². The summed E-state index contributed by atoms with van der Waals surface area (Å²) in [5.74, 6) is 0.0330. The topological polar surface area (TPSA) is 74.9 Å². The van der Waals surface area contributed by atoms with E-state index in [1.807, 2.05) is 11.9 Å². The minimum atomic E-state index is -0.602. The van der Waals surface area contributed by atoms with Crippen LogP contribution >= 0.6 is 0 Å². The minimum absolute atomic E-state index is 0.00140. The van der Waals surface area contributed by atoms with Crippen LogP contribution < -0.4 is 20.9 Å². The van der Waals surface area contributed by atoms with Crippen LogP contribution in [-0.2, 0) is 0 Å². The zero-order chi connectivity index (χ0) is 22.3. The first-order valence-electron chi connectivity index (χ1n) is 10.7. The number of anilines is 1. The summed E-state index contributed by atoms with van der Waals surface area (Å²) in [6.07, 6.45) is 2.57. The van der Waals surface area contributed by atoms with Gasteiger partial charge in [0.2, 0.25) is 6.54 Å². The molecule has 2 aliphatic rings. The lowest BCUT2D eigenvalue weighted by atomic mass is 9.99. The molecule has 0 bridgehead atoms. The third-order valence-electron chi connectivity index (χ3n) is 6.71. The van der Waals surface area contributed by atoms with Crippen molar-refractivity contribution in [3.05, 3.63) is 44.1 Å². The quantitative estimate of drug-likeness (QED) is 0.684. The molecule has 2 heterocycles. The SMILES string of the molecule is [C-]#[N+]CCN(C)C(C)C1CCN(c2c(F)cc3c(=O)[nH]c(=O)n(C4CC4)c3c2OC)C1. The second-order valence-electron chi connectivity index (χ2n) is 8.59. The Balaban J connectivity index is 1.74. The molecule has 1 saturated heterocycles. The van der Waals surface area contributed by atoms with Crippen molar-refractivity contribution in [2.45, 2.75) is 38.3 Å². The number of H-pyrrole nitrogens is 1. The summed E-state index contributed by atoms with van der Waals surface area (Å²) in [5.41, 5.74) is -0.394. The number of fused-ring (bicyclic) bond motifs is 1. The molecule has 0 spiro atoms. The van der Waals surface area contributed by atoms with Gasteiger partial charge in [-0.05, 0) is 45.2 Å². The van der Waals surface area contributed by atoms with Gasteiger partial charge in [-0.25, -0.2) is 15.8 Å². The van der Waals surface area contributed by atoms with E-state index in [0.29, 0.717) is 43.3 Å². The van der Waals surface area contributed by atoms with Gasteiger partial charge in [0, 0.05) is 25.2 Å². The Morgan fingerprint density at radius 2 is 2.13 bits per heavy atom. The van der Waals surface area contributed by atoms with E-state index in [2.05, 4.69) is 21.7 Å². The lowest BCUT2D eigenvalue weighted by Gasteiger charge is -2.29. The lowest BCUT2D eigenvalue weighted by molar-refractivity contribution is 0.207. The van der Waals surface area contributed by atoms with Crippen molar-refractivity contribution in [3.8, 4) is 5.75 Å². The average Bonchev–Trinajstić information content (AvgIpc) is 3.46. The fraction of sp³-hybridized carbons (Fsp3) is 0.591. The number of ether oxygens (including phenoxy) is 1. The molecule has 2 aromatic rings. The van der Waals surface area contributed by atoms with Gasteiger partial charge in [0.15, 0.2) is 11.6 Å². The molecule has 1 aliphatic heterocycles. The predicted octanol–water partition coefficient (Wildman–Crippen LogP) is 2.24. The first kappa shape index (κ1) is 21.4. The molecular weight excluding hydrogens is 401 g/mol. The Morgan fingerprint density at radius 1 is 1.39 bits per heavy atom. The van der Waals surface area contributed by atoms with Gasteiger partial charge in [0.25, 0.3) is 5.56 Å². The van der Waals surface area contributed by atoms with E-state index in [1.54, 1.807) is 4.57 Å². The summed E-state index contributed by atoms with van der Waals surface area (Å²) in [4.78, 5) is 34.8. The Labute approximate surface area is 180 Å². The molecule has 1 aliphatic carbocycles. The van der Waals surface area contributed by atoms with Crippen molar-refractivity contribution in [2.75, 3.05) is 45.2 Å². The summed E-state index contributed by atoms with van der Waals surface area (Å²) >= 11 is 0. The largest absolute Gasteiger partial charge is 0.492 e. The molecule has 0 amide bonds. The highest BCUT2D eigenvalue weighted by Gasteiger charge is 2.35. The highest BCUT2D eigenvalue weighted by Crippen LogP contribution is 2.43. The second-order valence-corrected chi connectivity index (χ2v) is 8.59. The van der Waals surface area contributed by atoms with Crippen molar-refractivity contribution in [1.29, 1.82) is 0 Å². The standard InChI is InChI=1S/C22H28FN5O3/c1-13(26(3)10-8-24-2)14-7-9-27(12-14)19-17(23)11-16-18(20(19)31-4)28(15-5-6-15)22(30)25-21(16)29/h11,13-15H,5-10,12H2,1,3-4H3,(H,25,29,30). The van der Waals surface area contributed by atoms with Crippen LogP contribution in [0, 0.1) is 18.3 Å². The minimum Gasteiger partial charge on any atom is -0.492 e. The molecule has 2 atom stereocenters. The number of methoxy groups -OCH3 is 1. The molecule has 1 saturated carbocycles. The number of benzene rings is 1. The maximum absolute atomic E-state index is 15.3. The smallest absolute Gasteiger partial charge is 0.329 e. The summed E-state index contributed by atoms with van der Waals surface area (Å²) in [6.45, 7) is 11.6. The van der Waals surface area contributed by atoms with Crippen molar-refractivity contribution < 1.29 is 9.13 Å². The van der Waals surface area contributed by atoms with Gasteiger partial charge < -0.3 is 14.5 Å². The zero-order valence-corrected chi connectivity index (χ0v) is 18.2. The van der Waals surface area contributed by atoms with E-state index in [1.165, 1.54) is 13.2 Å². The Morgan fingerprint density at radius 3 is 2.77 bits per heavy atom. The number of aromatic nitrogens is 2. The predicted molar refractivity (Wildman–Crippen MR) is 117 cm³/mol. The molecule has 4 rings (SSSR count). The van der Waals surface area contributed by atoms with Crippen LogP contribution in [0.15, 0.2) is 15.7 Å². The second kappa shape index (κ2) is 8.35. The fourth-order valence-electron chi connectivity index (χ4n) is 4.67. The van der Waals surface area contributed by atoms with E-state index in [0.717, 1.165) is 19.3 Å². The summed E-state index contributed by atoms with van der Waals surface area (Å²) < 4.78 is 22.5. The van der Waals surface area contributed by atoms with Gasteiger partial charge in [-0.1, -0.05) is 0 Å². The van der Waals surface area contributed by atoms with Gasteiger partial charge in [-0.3, -0.25) is 19.2 Å². The van der Waals surface area contributed by atoms with Gasteiger partial charge in [0.1, 0.15) is 11.2 Å². The van der Waals surface area contributed by atoms with Crippen molar-refractivity contribution in [1.82, 2.24) is 14.5 Å². The van der Waals surface area contributed by atoms with Gasteiger partial charge >= 0.3 is 5.69 Å². The number of aromatic amines is 1. The number of nitrogens with zero attached hydrogens (tertiary/aromatic N) is 4. The molecule has 1 N–H and O–H groups in total. The molecule has 2 unspecified atom stereocenters. The number of rotatable bonds is 7. The fourth-order valence-corrected chi connectivity index (χ4v) is 4.67. The van der Waals surface area contributed by atoms with Crippen LogP contribution in [0.3, 0.4) is 0 Å². The lowest BCUT2D eigenvalue weighted by Crippen LogP contribution is -2.38. The summed E-state index contributed by atoms with van der Waals surface area (Å²) in [5, 5.41) is 0.132. The van der Waals surface area contributed by atoms with Crippen molar-refractivity contribution in [3.63, 3.8) is 0 Å². The Kier molecular flexibility index (Phi) is 5.75. The zero-order valence-electron chi connectivity index (χ0n) is 18.2. The third-order valence-corrected chi connectivity index (χ3v) is 6.71. The van der Waals surface area contributed by atoms with Crippen LogP contribution in [-0.4, -0.2) is 60.8 Å². The van der Waals surface area contributed by atoms with Crippen LogP contribution in [0.1, 0.15) is 32.2 Å². The van der Waals surface area contributed by atoms with E-state index >= 15 is 4.39 Å². The van der Waals surface area contributed by atoms with Crippen LogP contribution in [0.4, 0.5) is 10.1 Å². The molecule has 9 heteroatoms. The number of nitrogens with one attached hydrogen (secondary N) is 1. The number of halogens is 1. The van der Waals surface area contributed by atoms with Crippen LogP contribution in [0.2, 0.25) is 0 Å². The molecule has 8 nitrogen and oxygen atoms in total. The van der Waals surface area contributed by atoms with Crippen LogP contribution in [0.25, 0.3) is 15.7 Å². The van der Waals surface area contributed by atoms with E-state index < -0.39 is 17.1 Å². The first-order chi connectivity index (χ1) is 14.9. The van der Waals surface area contributed by atoms with E-state index in [4.69, 9.17) is 11.3 Å². The van der Waals surface area contributed by atoms with E-state index in [-0.39, 0.29) is 23.2 Å². The molecule has 166 valence electrons. The van der Waals surface area contributed by atoms with Gasteiger partial charge in [0.05, 0.1) is 19.0 Å². The van der Waals surface area contributed by atoms with Crippen LogP contribution in [0.5, 0.6) is 5.75 Å². The molecule has 1 aromatic heterocycles. The van der Waals surface area contributed by atoms with Crippen molar-refractivity contribution in [2.24, 2.45) is 5.92 Å². The first-order valence-corrected chi connectivity index (χ1v) is 10.7. The highest BCUT2D eigenvalue weighted by molar-refractivity contribution is 5.91. The molecule has 1 aromatic carbocycles. The summed E-state index contributed by atoms with van der Waals surface area (Å²) in [7, 11) is 3.46. The molecule has 0 radical (unpaired) electrons. The number of hydrogen-bond donors (Lipinski definition) is 1. The van der Waals surface area contributed by atoms with Gasteiger partial charge in [-0.15, -0.1) is 0 Å². The molecular formula is C22H28FN5O3. The maximum Gasteiger partial charge on any atom is 0.329 e. The third kappa shape index (κ3) is 3.81. The highest BCUT2D eigenvalue weighted by atomic mass is 19.1. The average molecular weight is 429 g/mol.